The van der Waals surface area contributed by atoms with Gasteiger partial charge < -0.3 is 9.84 Å². The molecule has 2 nitrogen and oxygen atoms in total. The molecule has 17 heavy (non-hydrogen) atoms. The van der Waals surface area contributed by atoms with E-state index in [1.165, 1.54) is 6.42 Å². The lowest BCUT2D eigenvalue weighted by Crippen LogP contribution is -2.71. The first-order valence-corrected chi connectivity index (χ1v) is 7.22. The van der Waals surface area contributed by atoms with Gasteiger partial charge in [-0.3, -0.25) is 0 Å². The average Bonchev–Trinajstić information content (AvgIpc) is 2.18. The van der Waals surface area contributed by atoms with Gasteiger partial charge in [-0.05, 0) is 42.9 Å². The molecule has 0 aromatic heterocycles. The van der Waals surface area contributed by atoms with Crippen LogP contribution < -0.4 is 0 Å². The van der Waals surface area contributed by atoms with E-state index in [1.807, 2.05) is 0 Å². The molecule has 2 heterocycles. The van der Waals surface area contributed by atoms with Gasteiger partial charge in [0.15, 0.2) is 5.79 Å². The summed E-state index contributed by atoms with van der Waals surface area (Å²) in [5.41, 5.74) is 0.246. The van der Waals surface area contributed by atoms with Crippen molar-refractivity contribution < 1.29 is 9.84 Å². The van der Waals surface area contributed by atoms with Crippen LogP contribution in [0.25, 0.3) is 0 Å². The Kier molecular flexibility index (Phi) is 2.30. The summed E-state index contributed by atoms with van der Waals surface area (Å²) in [6, 6.07) is 0. The minimum Gasteiger partial charge on any atom is -0.365 e. The van der Waals surface area contributed by atoms with Crippen LogP contribution in [0.4, 0.5) is 0 Å². The minimum atomic E-state index is -0.839. The van der Waals surface area contributed by atoms with Crippen LogP contribution in [0.15, 0.2) is 0 Å². The number of fused-ring (bicyclic) bond motifs is 1. The first-order chi connectivity index (χ1) is 7.81. The van der Waals surface area contributed by atoms with Gasteiger partial charge >= 0.3 is 0 Å². The lowest BCUT2D eigenvalue weighted by atomic mass is 9.44. The highest BCUT2D eigenvalue weighted by Crippen LogP contribution is 2.69. The molecule has 2 aliphatic heterocycles. The Morgan fingerprint density at radius 2 is 1.88 bits per heavy atom. The van der Waals surface area contributed by atoms with Crippen LogP contribution in [0.5, 0.6) is 0 Å². The lowest BCUT2D eigenvalue weighted by Gasteiger charge is -2.69. The van der Waals surface area contributed by atoms with Gasteiger partial charge in [0, 0.05) is 11.8 Å². The van der Waals surface area contributed by atoms with Crippen LogP contribution >= 0.6 is 0 Å². The Bertz CT molecular complexity index is 318. The van der Waals surface area contributed by atoms with Gasteiger partial charge in [-0.2, -0.15) is 0 Å². The molecule has 2 heteroatoms. The van der Waals surface area contributed by atoms with Gasteiger partial charge in [0.25, 0.3) is 0 Å². The van der Waals surface area contributed by atoms with Crippen LogP contribution in [0.3, 0.4) is 0 Å². The Hall–Kier alpha value is -0.0800. The third kappa shape index (κ3) is 1.29. The summed E-state index contributed by atoms with van der Waals surface area (Å²) in [6.07, 6.45) is 5.78. The van der Waals surface area contributed by atoms with E-state index in [0.717, 1.165) is 25.7 Å². The summed E-state index contributed by atoms with van der Waals surface area (Å²) in [5.74, 6) is 0.452. The molecule has 0 amide bonds. The van der Waals surface area contributed by atoms with Crippen molar-refractivity contribution in [2.24, 2.45) is 22.7 Å². The van der Waals surface area contributed by atoms with E-state index in [2.05, 4.69) is 27.7 Å². The Labute approximate surface area is 105 Å². The van der Waals surface area contributed by atoms with E-state index in [1.54, 1.807) is 0 Å². The van der Waals surface area contributed by atoms with Crippen LogP contribution in [-0.2, 0) is 4.74 Å². The Balaban J connectivity index is 2.02. The molecule has 0 aromatic carbocycles. The highest BCUT2D eigenvalue weighted by molar-refractivity contribution is 5.14. The van der Waals surface area contributed by atoms with Gasteiger partial charge in [0.2, 0.25) is 0 Å². The molecular formula is C15H26O2. The maximum atomic E-state index is 10.9. The molecular weight excluding hydrogens is 212 g/mol. The second-order valence-electron chi connectivity index (χ2n) is 7.50. The minimum absolute atomic E-state index is 0.0397. The number of rotatable bonds is 1. The normalized spacial score (nSPS) is 57.5. The van der Waals surface area contributed by atoms with Crippen molar-refractivity contribution >= 4 is 0 Å². The second kappa shape index (κ2) is 3.27. The predicted molar refractivity (Wildman–Crippen MR) is 67.4 cm³/mol. The molecule has 4 aliphatic rings. The Morgan fingerprint density at radius 3 is 2.47 bits per heavy atom. The van der Waals surface area contributed by atoms with Crippen molar-refractivity contribution in [2.75, 3.05) is 0 Å². The summed E-state index contributed by atoms with van der Waals surface area (Å²) in [4.78, 5) is 0. The molecule has 0 radical (unpaired) electrons. The third-order valence-corrected chi connectivity index (χ3v) is 6.41. The van der Waals surface area contributed by atoms with Crippen LogP contribution in [-0.4, -0.2) is 17.0 Å². The third-order valence-electron chi connectivity index (χ3n) is 6.41. The maximum absolute atomic E-state index is 10.9. The molecule has 4 fully saturated rings. The fourth-order valence-corrected chi connectivity index (χ4v) is 4.91. The summed E-state index contributed by atoms with van der Waals surface area (Å²) < 4.78 is 6.14. The summed E-state index contributed by atoms with van der Waals surface area (Å²) in [6.45, 7) is 9.24. The SMILES string of the molecule is CC(C)[C@H]1C[C@]2(C)[C@@]3(C)CCC[C@]2(O)O[C@@H]1C3. The number of aliphatic hydroxyl groups is 1. The van der Waals surface area contributed by atoms with Gasteiger partial charge in [0.05, 0.1) is 6.10 Å². The zero-order valence-electron chi connectivity index (χ0n) is 11.6. The van der Waals surface area contributed by atoms with Crippen molar-refractivity contribution in [1.82, 2.24) is 0 Å². The number of hydrogen-bond acceptors (Lipinski definition) is 2. The molecule has 0 unspecified atom stereocenters. The molecule has 98 valence electrons. The monoisotopic (exact) mass is 238 g/mol. The molecule has 4 bridgehead atoms. The fourth-order valence-electron chi connectivity index (χ4n) is 4.91. The summed E-state index contributed by atoms with van der Waals surface area (Å²) in [7, 11) is 0. The molecule has 5 atom stereocenters. The highest BCUT2D eigenvalue weighted by atomic mass is 16.6. The van der Waals surface area contributed by atoms with E-state index in [9.17, 15) is 5.11 Å². The molecule has 4 rings (SSSR count). The van der Waals surface area contributed by atoms with Gasteiger partial charge in [-0.1, -0.05) is 27.7 Å². The molecule has 2 saturated carbocycles. The van der Waals surface area contributed by atoms with E-state index < -0.39 is 5.79 Å². The first-order valence-electron chi connectivity index (χ1n) is 7.22. The largest absolute Gasteiger partial charge is 0.365 e. The van der Waals surface area contributed by atoms with E-state index in [-0.39, 0.29) is 16.9 Å². The Morgan fingerprint density at radius 1 is 1.18 bits per heavy atom. The highest BCUT2D eigenvalue weighted by Gasteiger charge is 2.69. The smallest absolute Gasteiger partial charge is 0.171 e. The summed E-state index contributed by atoms with van der Waals surface area (Å²) >= 11 is 0. The molecule has 0 spiro atoms. The quantitative estimate of drug-likeness (QED) is 0.759. The van der Waals surface area contributed by atoms with Gasteiger partial charge in [-0.15, -0.1) is 0 Å². The topological polar surface area (TPSA) is 29.5 Å². The van der Waals surface area contributed by atoms with Gasteiger partial charge in [-0.25, -0.2) is 0 Å². The standard InChI is InChI=1S/C15H26O2/c1-10(2)11-8-14(4)13(3)6-5-7-15(14,16)17-12(11)9-13/h10-12,16H,5-9H2,1-4H3/t11-,12-,13+,14-,15+/m1/s1. The van der Waals surface area contributed by atoms with E-state index in [4.69, 9.17) is 4.74 Å². The number of hydrogen-bond donors (Lipinski definition) is 1. The van der Waals surface area contributed by atoms with Crippen LogP contribution in [0.1, 0.15) is 59.8 Å². The van der Waals surface area contributed by atoms with Crippen molar-refractivity contribution in [2.45, 2.75) is 71.7 Å². The lowest BCUT2D eigenvalue weighted by molar-refractivity contribution is -0.409. The molecule has 2 saturated heterocycles. The zero-order valence-corrected chi connectivity index (χ0v) is 11.6. The summed E-state index contributed by atoms with van der Waals surface area (Å²) in [5, 5.41) is 10.9. The van der Waals surface area contributed by atoms with E-state index >= 15 is 0 Å². The predicted octanol–water partition coefficient (Wildman–Crippen LogP) is 3.34. The fraction of sp³-hybridized carbons (Fsp3) is 1.00. The first kappa shape index (κ1) is 12.0. The van der Waals surface area contributed by atoms with Crippen LogP contribution in [0, 0.1) is 22.7 Å². The van der Waals surface area contributed by atoms with E-state index in [0.29, 0.717) is 11.8 Å². The molecule has 2 aliphatic carbocycles. The zero-order chi connectivity index (χ0) is 12.5. The van der Waals surface area contributed by atoms with Crippen molar-refractivity contribution in [3.05, 3.63) is 0 Å². The number of ether oxygens (including phenoxy) is 1. The molecule has 0 aromatic rings. The average molecular weight is 238 g/mol. The van der Waals surface area contributed by atoms with Gasteiger partial charge in [0.1, 0.15) is 0 Å². The van der Waals surface area contributed by atoms with Crippen molar-refractivity contribution in [3.8, 4) is 0 Å². The maximum Gasteiger partial charge on any atom is 0.171 e. The molecule has 1 N–H and O–H groups in total. The van der Waals surface area contributed by atoms with Crippen molar-refractivity contribution in [1.29, 1.82) is 0 Å². The van der Waals surface area contributed by atoms with Crippen LogP contribution in [0.2, 0.25) is 0 Å². The van der Waals surface area contributed by atoms with Crippen molar-refractivity contribution in [3.63, 3.8) is 0 Å². The second-order valence-corrected chi connectivity index (χ2v) is 7.50.